The van der Waals surface area contributed by atoms with Gasteiger partial charge in [0.15, 0.2) is 29.2 Å². The van der Waals surface area contributed by atoms with E-state index in [1.807, 2.05) is 0 Å². The molecule has 0 unspecified atom stereocenters. The van der Waals surface area contributed by atoms with Crippen LogP contribution < -0.4 is 9.47 Å². The maximum Gasteiger partial charge on any atom is 0.254 e. The first kappa shape index (κ1) is 18.2. The van der Waals surface area contributed by atoms with E-state index in [0.717, 1.165) is 0 Å². The van der Waals surface area contributed by atoms with Crippen molar-refractivity contribution in [2.75, 3.05) is 13.8 Å². The summed E-state index contributed by atoms with van der Waals surface area (Å²) in [5.74, 6) is -0.719. The number of fused-ring (bicyclic) bond motifs is 3. The first-order valence-corrected chi connectivity index (χ1v) is 8.88. The lowest BCUT2D eigenvalue weighted by Gasteiger charge is -2.31. The van der Waals surface area contributed by atoms with Gasteiger partial charge >= 0.3 is 0 Å². The molecule has 0 aliphatic carbocycles. The fourth-order valence-corrected chi connectivity index (χ4v) is 3.84. The number of carbonyl (C=O) groups excluding carboxylic acids is 2. The fraction of sp³-hybridized carbons (Fsp3) is 0.579. The first-order chi connectivity index (χ1) is 12.6. The van der Waals surface area contributed by atoms with E-state index in [2.05, 4.69) is 0 Å². The lowest BCUT2D eigenvalue weighted by molar-refractivity contribution is -0.161. The molecule has 3 aliphatic rings. The summed E-state index contributed by atoms with van der Waals surface area (Å²) in [6.07, 6.45) is -1.81. The molecule has 0 radical (unpaired) electrons. The Kier molecular flexibility index (Phi) is 3.99. The summed E-state index contributed by atoms with van der Waals surface area (Å²) in [4.78, 5) is 27.4. The van der Waals surface area contributed by atoms with Crippen LogP contribution in [0.4, 0.5) is 0 Å². The van der Waals surface area contributed by atoms with Crippen molar-refractivity contribution >= 4 is 11.7 Å². The number of rotatable bonds is 0. The number of amides is 1. The number of hydrogen-bond donors (Lipinski definition) is 1. The second-order valence-corrected chi connectivity index (χ2v) is 7.85. The summed E-state index contributed by atoms with van der Waals surface area (Å²) in [5.41, 5.74) is -0.754. The van der Waals surface area contributed by atoms with Crippen molar-refractivity contribution < 1.29 is 33.6 Å². The van der Waals surface area contributed by atoms with Crippen molar-refractivity contribution in [2.24, 2.45) is 0 Å². The topological polar surface area (TPSA) is 94.5 Å². The molecule has 1 N–H and O–H groups in total. The van der Waals surface area contributed by atoms with E-state index in [4.69, 9.17) is 18.9 Å². The SMILES string of the molecule is CN1Cc2cc3c(cc2[C@](C)(O)C(=O)C[C@@H]2OC(C)(C)O[C@H]2C1=O)OCO3. The molecule has 0 aromatic heterocycles. The predicted octanol–water partition coefficient (Wildman–Crippen LogP) is 1.07. The molecule has 0 saturated carbocycles. The van der Waals surface area contributed by atoms with Gasteiger partial charge in [-0.3, -0.25) is 9.59 Å². The third-order valence-electron chi connectivity index (χ3n) is 5.26. The largest absolute Gasteiger partial charge is 0.454 e. The monoisotopic (exact) mass is 377 g/mol. The van der Waals surface area contributed by atoms with Crippen LogP contribution in [0.5, 0.6) is 11.5 Å². The number of hydrogen-bond acceptors (Lipinski definition) is 7. The molecule has 0 spiro atoms. The molecule has 27 heavy (non-hydrogen) atoms. The summed E-state index contributed by atoms with van der Waals surface area (Å²) in [6.45, 7) is 5.11. The Bertz CT molecular complexity index is 817. The maximum atomic E-state index is 13.0. The molecule has 3 atom stereocenters. The molecule has 0 bridgehead atoms. The zero-order valence-electron chi connectivity index (χ0n) is 15.8. The lowest BCUT2D eigenvalue weighted by atomic mass is 9.83. The molecular weight excluding hydrogens is 354 g/mol. The standard InChI is InChI=1S/C19H23NO7/c1-18(2)26-14-7-15(21)19(3,23)11-6-13-12(24-9-25-13)5-10(11)8-20(4)17(22)16(14)27-18/h5-6,14,16,23H,7-9H2,1-4H3/t14-,16+,19-/m0/s1. The highest BCUT2D eigenvalue weighted by molar-refractivity contribution is 5.91. The molecule has 1 aromatic carbocycles. The number of benzene rings is 1. The minimum atomic E-state index is -1.77. The molecule has 1 amide bonds. The highest BCUT2D eigenvalue weighted by Crippen LogP contribution is 2.41. The van der Waals surface area contributed by atoms with E-state index in [1.165, 1.54) is 11.8 Å². The number of likely N-dealkylation sites (N-methyl/N-ethyl adjacent to an activating group) is 1. The van der Waals surface area contributed by atoms with Crippen molar-refractivity contribution in [2.45, 2.75) is 57.3 Å². The van der Waals surface area contributed by atoms with Gasteiger partial charge in [0.25, 0.3) is 5.91 Å². The van der Waals surface area contributed by atoms with Crippen LogP contribution >= 0.6 is 0 Å². The molecule has 8 nitrogen and oxygen atoms in total. The zero-order valence-corrected chi connectivity index (χ0v) is 15.8. The number of nitrogens with zero attached hydrogens (tertiary/aromatic N) is 1. The van der Waals surface area contributed by atoms with Crippen molar-refractivity contribution in [3.8, 4) is 11.5 Å². The second kappa shape index (κ2) is 5.92. The van der Waals surface area contributed by atoms with Crippen LogP contribution in [-0.4, -0.2) is 53.5 Å². The Balaban J connectivity index is 1.81. The first-order valence-electron chi connectivity index (χ1n) is 8.88. The van der Waals surface area contributed by atoms with Gasteiger partial charge in [0.05, 0.1) is 0 Å². The van der Waals surface area contributed by atoms with E-state index < -0.39 is 29.4 Å². The van der Waals surface area contributed by atoms with Crippen molar-refractivity contribution in [3.05, 3.63) is 23.3 Å². The summed E-state index contributed by atoms with van der Waals surface area (Å²) in [6, 6.07) is 3.32. The highest BCUT2D eigenvalue weighted by atomic mass is 16.8. The molecule has 1 fully saturated rings. The van der Waals surface area contributed by atoms with E-state index in [1.54, 1.807) is 33.0 Å². The van der Waals surface area contributed by atoms with E-state index in [-0.39, 0.29) is 25.7 Å². The molecular formula is C19H23NO7. The van der Waals surface area contributed by atoms with Gasteiger partial charge in [-0.2, -0.15) is 0 Å². The Morgan fingerprint density at radius 2 is 1.78 bits per heavy atom. The quantitative estimate of drug-likeness (QED) is 0.723. The van der Waals surface area contributed by atoms with Crippen molar-refractivity contribution in [1.29, 1.82) is 0 Å². The zero-order chi connectivity index (χ0) is 19.6. The minimum absolute atomic E-state index is 0.0734. The van der Waals surface area contributed by atoms with Crippen LogP contribution in [-0.2, 0) is 31.2 Å². The van der Waals surface area contributed by atoms with Gasteiger partial charge in [0, 0.05) is 20.0 Å². The van der Waals surface area contributed by atoms with Gasteiger partial charge in [-0.15, -0.1) is 0 Å². The number of ketones is 1. The molecule has 1 saturated heterocycles. The van der Waals surface area contributed by atoms with Gasteiger partial charge in [0.1, 0.15) is 11.7 Å². The summed E-state index contributed by atoms with van der Waals surface area (Å²) < 4.78 is 22.3. The summed E-state index contributed by atoms with van der Waals surface area (Å²) in [7, 11) is 1.65. The summed E-state index contributed by atoms with van der Waals surface area (Å²) in [5, 5.41) is 11.1. The smallest absolute Gasteiger partial charge is 0.254 e. The van der Waals surface area contributed by atoms with E-state index in [0.29, 0.717) is 22.6 Å². The van der Waals surface area contributed by atoms with Gasteiger partial charge in [-0.1, -0.05) is 0 Å². The van der Waals surface area contributed by atoms with Gasteiger partial charge in [-0.05, 0) is 44.0 Å². The molecule has 3 heterocycles. The summed E-state index contributed by atoms with van der Waals surface area (Å²) >= 11 is 0. The maximum absolute atomic E-state index is 13.0. The van der Waals surface area contributed by atoms with Gasteiger partial charge < -0.3 is 29.0 Å². The minimum Gasteiger partial charge on any atom is -0.454 e. The number of Topliss-reactive ketones (excluding diaryl/α,β-unsaturated/α-hetero) is 1. The Labute approximate surface area is 156 Å². The van der Waals surface area contributed by atoms with Crippen LogP contribution in [0.25, 0.3) is 0 Å². The average Bonchev–Trinajstić information content (AvgIpc) is 3.15. The van der Waals surface area contributed by atoms with Gasteiger partial charge in [0.2, 0.25) is 6.79 Å². The Morgan fingerprint density at radius 3 is 2.48 bits per heavy atom. The highest BCUT2D eigenvalue weighted by Gasteiger charge is 2.49. The van der Waals surface area contributed by atoms with Crippen LogP contribution in [0.2, 0.25) is 0 Å². The van der Waals surface area contributed by atoms with Crippen LogP contribution in [0.3, 0.4) is 0 Å². The van der Waals surface area contributed by atoms with Crippen LogP contribution in [0, 0.1) is 0 Å². The number of ether oxygens (including phenoxy) is 4. The predicted molar refractivity (Wildman–Crippen MR) is 92.1 cm³/mol. The normalized spacial score (nSPS) is 32.3. The lowest BCUT2D eigenvalue weighted by Crippen LogP contribution is -2.46. The molecule has 1 aromatic rings. The van der Waals surface area contributed by atoms with Crippen LogP contribution in [0.1, 0.15) is 38.3 Å². The molecule has 8 heteroatoms. The van der Waals surface area contributed by atoms with E-state index in [9.17, 15) is 14.7 Å². The fourth-order valence-electron chi connectivity index (χ4n) is 3.84. The van der Waals surface area contributed by atoms with Crippen molar-refractivity contribution in [3.63, 3.8) is 0 Å². The van der Waals surface area contributed by atoms with Gasteiger partial charge in [-0.25, -0.2) is 0 Å². The van der Waals surface area contributed by atoms with Crippen molar-refractivity contribution in [1.82, 2.24) is 4.90 Å². The molecule has 4 rings (SSSR count). The van der Waals surface area contributed by atoms with Crippen LogP contribution in [0.15, 0.2) is 12.1 Å². The number of aliphatic hydroxyl groups is 1. The average molecular weight is 377 g/mol. The third-order valence-corrected chi connectivity index (χ3v) is 5.26. The Hall–Kier alpha value is -2.16. The molecule has 3 aliphatic heterocycles. The number of carbonyl (C=O) groups is 2. The Morgan fingerprint density at radius 1 is 1.11 bits per heavy atom. The third kappa shape index (κ3) is 2.97. The second-order valence-electron chi connectivity index (χ2n) is 7.85. The molecule has 146 valence electrons. The van der Waals surface area contributed by atoms with E-state index >= 15 is 0 Å².